The zero-order valence-electron chi connectivity index (χ0n) is 16.0. The smallest absolute Gasteiger partial charge is 0.258 e. The molecule has 0 saturated carbocycles. The van der Waals surface area contributed by atoms with Gasteiger partial charge in [-0.25, -0.2) is 0 Å². The summed E-state index contributed by atoms with van der Waals surface area (Å²) in [5, 5.41) is 6.41. The molecule has 1 amide bonds. The molecule has 28 heavy (non-hydrogen) atoms. The zero-order chi connectivity index (χ0) is 19.7. The van der Waals surface area contributed by atoms with Gasteiger partial charge in [0, 0.05) is 22.6 Å². The Balaban J connectivity index is 1.85. The van der Waals surface area contributed by atoms with E-state index in [0.29, 0.717) is 17.2 Å². The third kappa shape index (κ3) is 3.37. The van der Waals surface area contributed by atoms with E-state index in [4.69, 9.17) is 5.73 Å². The van der Waals surface area contributed by atoms with Gasteiger partial charge in [-0.15, -0.1) is 0 Å². The number of amides is 1. The minimum Gasteiger partial charge on any atom is -0.399 e. The van der Waals surface area contributed by atoms with Crippen LogP contribution in [0.2, 0.25) is 0 Å². The van der Waals surface area contributed by atoms with Crippen molar-refractivity contribution >= 4 is 34.2 Å². The highest BCUT2D eigenvalue weighted by Crippen LogP contribution is 2.38. The molecule has 1 aliphatic rings. The van der Waals surface area contributed by atoms with Gasteiger partial charge in [0.1, 0.15) is 0 Å². The predicted molar refractivity (Wildman–Crippen MR) is 117 cm³/mol. The average Bonchev–Trinajstić information content (AvgIpc) is 3.02. The summed E-state index contributed by atoms with van der Waals surface area (Å²) in [5.41, 5.74) is 12.7. The van der Waals surface area contributed by atoms with Gasteiger partial charge in [0.2, 0.25) is 0 Å². The number of carbonyl (C=O) groups is 1. The number of fused-ring (bicyclic) bond motifs is 1. The van der Waals surface area contributed by atoms with Gasteiger partial charge < -0.3 is 16.4 Å². The molecule has 1 heterocycles. The lowest BCUT2D eigenvalue weighted by molar-refractivity contribution is -0.110. The topological polar surface area (TPSA) is 67.2 Å². The fraction of sp³-hybridized carbons (Fsp3) is 0.125. The van der Waals surface area contributed by atoms with Crippen LogP contribution in [0.4, 0.5) is 17.1 Å². The number of hydrogen-bond acceptors (Lipinski definition) is 3. The van der Waals surface area contributed by atoms with Crippen LogP contribution in [0.25, 0.3) is 11.3 Å². The second kappa shape index (κ2) is 7.24. The van der Waals surface area contributed by atoms with Crippen molar-refractivity contribution in [3.63, 3.8) is 0 Å². The fourth-order valence-electron chi connectivity index (χ4n) is 3.41. The highest BCUT2D eigenvalue weighted by atomic mass is 16.2. The van der Waals surface area contributed by atoms with E-state index in [-0.39, 0.29) is 5.91 Å². The van der Waals surface area contributed by atoms with Gasteiger partial charge in [-0.1, -0.05) is 56.3 Å². The molecular weight excluding hydrogens is 346 g/mol. The molecule has 3 aromatic carbocycles. The lowest BCUT2D eigenvalue weighted by Crippen LogP contribution is -2.10. The Kier molecular flexibility index (Phi) is 4.62. The maximum Gasteiger partial charge on any atom is 0.258 e. The highest BCUT2D eigenvalue weighted by Gasteiger charge is 2.28. The molecule has 0 fully saturated rings. The summed E-state index contributed by atoms with van der Waals surface area (Å²) in [6, 6.07) is 23.7. The maximum absolute atomic E-state index is 12.8. The molecule has 0 unspecified atom stereocenters. The normalized spacial score (nSPS) is 14.6. The van der Waals surface area contributed by atoms with E-state index < -0.39 is 0 Å². The predicted octanol–water partition coefficient (Wildman–Crippen LogP) is 5.32. The molecule has 4 N–H and O–H groups in total. The van der Waals surface area contributed by atoms with Crippen molar-refractivity contribution in [3.05, 3.63) is 89.5 Å². The molecule has 4 nitrogen and oxygen atoms in total. The largest absolute Gasteiger partial charge is 0.399 e. The molecule has 140 valence electrons. The molecule has 0 spiro atoms. The fourth-order valence-corrected chi connectivity index (χ4v) is 3.41. The van der Waals surface area contributed by atoms with E-state index in [9.17, 15) is 4.79 Å². The molecule has 0 bridgehead atoms. The van der Waals surface area contributed by atoms with Crippen LogP contribution >= 0.6 is 0 Å². The summed E-state index contributed by atoms with van der Waals surface area (Å²) in [6.07, 6.45) is 0. The van der Waals surface area contributed by atoms with Crippen LogP contribution in [0.1, 0.15) is 36.5 Å². The Bertz CT molecular complexity index is 1050. The van der Waals surface area contributed by atoms with Crippen molar-refractivity contribution in [1.29, 1.82) is 0 Å². The molecule has 0 aliphatic carbocycles. The molecule has 0 radical (unpaired) electrons. The summed E-state index contributed by atoms with van der Waals surface area (Å²) >= 11 is 0. The van der Waals surface area contributed by atoms with Crippen LogP contribution in [0.5, 0.6) is 0 Å². The van der Waals surface area contributed by atoms with Gasteiger partial charge in [0.15, 0.2) is 0 Å². The quantitative estimate of drug-likeness (QED) is 0.430. The Morgan fingerprint density at radius 1 is 0.964 bits per heavy atom. The average molecular weight is 369 g/mol. The number of carbonyl (C=O) groups excluding carboxylic acids is 1. The van der Waals surface area contributed by atoms with E-state index in [2.05, 4.69) is 36.6 Å². The van der Waals surface area contributed by atoms with Crippen molar-refractivity contribution in [3.8, 4) is 0 Å². The number of nitrogen functional groups attached to an aromatic ring is 1. The van der Waals surface area contributed by atoms with Crippen LogP contribution in [0.15, 0.2) is 72.8 Å². The van der Waals surface area contributed by atoms with Crippen LogP contribution in [0, 0.1) is 0 Å². The second-order valence-corrected chi connectivity index (χ2v) is 7.28. The third-order valence-electron chi connectivity index (χ3n) is 4.95. The standard InChI is InChI=1S/C24H23N3O/c1-15(2)16-8-11-19(12-9-16)26-23(17-6-4-3-5-7-17)22-20-14-18(25)10-13-21(20)27-24(22)28/h3-15,26H,25H2,1-2H3,(H,27,28). The summed E-state index contributed by atoms with van der Waals surface area (Å²) in [4.78, 5) is 12.8. The summed E-state index contributed by atoms with van der Waals surface area (Å²) in [6.45, 7) is 4.34. The monoisotopic (exact) mass is 369 g/mol. The van der Waals surface area contributed by atoms with Gasteiger partial charge in [0.05, 0.1) is 11.3 Å². The Labute approximate surface area is 165 Å². The molecular formula is C24H23N3O. The van der Waals surface area contributed by atoms with E-state index in [1.165, 1.54) is 5.56 Å². The van der Waals surface area contributed by atoms with Crippen LogP contribution < -0.4 is 16.4 Å². The second-order valence-electron chi connectivity index (χ2n) is 7.28. The zero-order valence-corrected chi connectivity index (χ0v) is 16.0. The summed E-state index contributed by atoms with van der Waals surface area (Å²) < 4.78 is 0. The SMILES string of the molecule is CC(C)c1ccc(NC(=C2C(=O)Nc3ccc(N)cc32)c2ccccc2)cc1. The molecule has 0 aromatic heterocycles. The van der Waals surface area contributed by atoms with Crippen molar-refractivity contribution < 1.29 is 4.79 Å². The first-order valence-corrected chi connectivity index (χ1v) is 9.41. The summed E-state index contributed by atoms with van der Waals surface area (Å²) in [5.74, 6) is 0.335. The number of rotatable bonds is 4. The number of benzene rings is 3. The van der Waals surface area contributed by atoms with E-state index in [1.807, 2.05) is 54.6 Å². The summed E-state index contributed by atoms with van der Waals surface area (Å²) in [7, 11) is 0. The number of nitrogens with two attached hydrogens (primary N) is 1. The molecule has 0 saturated heterocycles. The number of nitrogens with one attached hydrogen (secondary N) is 2. The molecule has 4 heteroatoms. The van der Waals surface area contributed by atoms with Crippen molar-refractivity contribution in [2.24, 2.45) is 0 Å². The van der Waals surface area contributed by atoms with Gasteiger partial charge in [-0.3, -0.25) is 4.79 Å². The number of hydrogen-bond donors (Lipinski definition) is 3. The molecule has 0 atom stereocenters. The van der Waals surface area contributed by atoms with E-state index >= 15 is 0 Å². The molecule has 4 rings (SSSR count). The number of anilines is 3. The Morgan fingerprint density at radius 2 is 1.68 bits per heavy atom. The Morgan fingerprint density at radius 3 is 2.36 bits per heavy atom. The van der Waals surface area contributed by atoms with Gasteiger partial charge in [0.25, 0.3) is 5.91 Å². The van der Waals surface area contributed by atoms with Crippen LogP contribution in [-0.2, 0) is 4.79 Å². The lowest BCUT2D eigenvalue weighted by Gasteiger charge is -2.15. The minimum absolute atomic E-state index is 0.134. The van der Waals surface area contributed by atoms with Crippen molar-refractivity contribution in [1.82, 2.24) is 0 Å². The van der Waals surface area contributed by atoms with E-state index in [1.54, 1.807) is 6.07 Å². The Hall–Kier alpha value is -3.53. The van der Waals surface area contributed by atoms with Gasteiger partial charge in [-0.2, -0.15) is 0 Å². The minimum atomic E-state index is -0.134. The third-order valence-corrected chi connectivity index (χ3v) is 4.95. The van der Waals surface area contributed by atoms with Crippen LogP contribution in [-0.4, -0.2) is 5.91 Å². The van der Waals surface area contributed by atoms with Crippen LogP contribution in [0.3, 0.4) is 0 Å². The lowest BCUT2D eigenvalue weighted by atomic mass is 9.99. The first-order valence-electron chi connectivity index (χ1n) is 9.41. The molecule has 1 aliphatic heterocycles. The van der Waals surface area contributed by atoms with Gasteiger partial charge in [-0.05, 0) is 47.4 Å². The molecule has 3 aromatic rings. The van der Waals surface area contributed by atoms with Gasteiger partial charge >= 0.3 is 0 Å². The van der Waals surface area contributed by atoms with Crippen molar-refractivity contribution in [2.45, 2.75) is 19.8 Å². The first kappa shape index (κ1) is 17.9. The highest BCUT2D eigenvalue weighted by molar-refractivity contribution is 6.37. The first-order chi connectivity index (χ1) is 13.5. The maximum atomic E-state index is 12.8. The van der Waals surface area contributed by atoms with Crippen molar-refractivity contribution in [2.75, 3.05) is 16.4 Å². The van der Waals surface area contributed by atoms with E-state index in [0.717, 1.165) is 28.2 Å².